The smallest absolute Gasteiger partial charge is 0.266 e. The van der Waals surface area contributed by atoms with Gasteiger partial charge in [0.25, 0.3) is 5.56 Å². The molecule has 0 aliphatic rings. The highest BCUT2D eigenvalue weighted by Crippen LogP contribution is 2.14. The molecule has 2 rings (SSSR count). The minimum absolute atomic E-state index is 0.145. The molecule has 1 unspecified atom stereocenters. The van der Waals surface area contributed by atoms with Crippen molar-refractivity contribution in [3.05, 3.63) is 45.8 Å². The Morgan fingerprint density at radius 2 is 2.00 bits per heavy atom. The summed E-state index contributed by atoms with van der Waals surface area (Å²) in [4.78, 5) is 16.1. The number of rotatable bonds is 8. The van der Waals surface area contributed by atoms with Crippen LogP contribution in [-0.2, 0) is 11.3 Å². The van der Waals surface area contributed by atoms with Crippen LogP contribution in [0.1, 0.15) is 26.7 Å². The normalized spacial score (nSPS) is 12.3. The number of aromatic nitrogens is 3. The Morgan fingerprint density at radius 3 is 2.70 bits per heavy atom. The molecule has 124 valence electrons. The van der Waals surface area contributed by atoms with Crippen LogP contribution in [-0.4, -0.2) is 28.0 Å². The number of halogens is 1. The summed E-state index contributed by atoms with van der Waals surface area (Å²) in [7, 11) is 0. The molecular formula is C17H22ClN3O2. The molecule has 0 aliphatic heterocycles. The summed E-state index contributed by atoms with van der Waals surface area (Å²) in [5.74, 6) is 0.662. The molecule has 0 radical (unpaired) electrons. The minimum atomic E-state index is -0.145. The molecule has 2 heterocycles. The molecule has 0 saturated heterocycles. The van der Waals surface area contributed by atoms with E-state index in [4.69, 9.17) is 16.3 Å². The third-order valence-corrected chi connectivity index (χ3v) is 3.98. The lowest BCUT2D eigenvalue weighted by molar-refractivity contribution is 0.111. The van der Waals surface area contributed by atoms with Crippen molar-refractivity contribution in [2.75, 3.05) is 13.2 Å². The van der Waals surface area contributed by atoms with Gasteiger partial charge in [-0.05, 0) is 30.5 Å². The zero-order valence-corrected chi connectivity index (χ0v) is 14.3. The zero-order valence-electron chi connectivity index (χ0n) is 13.5. The number of nitrogens with zero attached hydrogens (tertiary/aromatic N) is 3. The van der Waals surface area contributed by atoms with Crippen LogP contribution >= 0.6 is 11.6 Å². The monoisotopic (exact) mass is 335 g/mol. The first-order chi connectivity index (χ1) is 11.1. The second-order valence-corrected chi connectivity index (χ2v) is 5.99. The van der Waals surface area contributed by atoms with Crippen molar-refractivity contribution in [1.29, 1.82) is 0 Å². The van der Waals surface area contributed by atoms with E-state index in [0.717, 1.165) is 12.8 Å². The first-order valence-electron chi connectivity index (χ1n) is 7.88. The first-order valence-corrected chi connectivity index (χ1v) is 8.25. The Morgan fingerprint density at radius 1 is 1.22 bits per heavy atom. The Hall–Kier alpha value is -1.72. The highest BCUT2D eigenvalue weighted by atomic mass is 35.5. The molecule has 2 aromatic heterocycles. The second kappa shape index (κ2) is 8.79. The van der Waals surface area contributed by atoms with Gasteiger partial charge in [0.15, 0.2) is 0 Å². The lowest BCUT2D eigenvalue weighted by Gasteiger charge is -2.10. The third kappa shape index (κ3) is 5.44. The Kier molecular flexibility index (Phi) is 6.74. The fraction of sp³-hybridized carbons (Fsp3) is 0.471. The van der Waals surface area contributed by atoms with Crippen LogP contribution in [0.5, 0.6) is 0 Å². The van der Waals surface area contributed by atoms with E-state index in [-0.39, 0.29) is 5.56 Å². The molecule has 5 nitrogen and oxygen atoms in total. The summed E-state index contributed by atoms with van der Waals surface area (Å²) in [6.45, 7) is 5.99. The van der Waals surface area contributed by atoms with Crippen molar-refractivity contribution in [2.24, 2.45) is 5.92 Å². The van der Waals surface area contributed by atoms with E-state index in [1.807, 2.05) is 0 Å². The van der Waals surface area contributed by atoms with E-state index in [2.05, 4.69) is 23.9 Å². The SMILES string of the molecule is CCC(C)CCOCCn1nc(-c2ccc(Cl)cn2)ccc1=O. The maximum absolute atomic E-state index is 11.9. The van der Waals surface area contributed by atoms with Gasteiger partial charge in [-0.1, -0.05) is 31.9 Å². The fourth-order valence-electron chi connectivity index (χ4n) is 2.01. The zero-order chi connectivity index (χ0) is 16.7. The van der Waals surface area contributed by atoms with Crippen LogP contribution in [0, 0.1) is 5.92 Å². The van der Waals surface area contributed by atoms with Crippen LogP contribution < -0.4 is 5.56 Å². The topological polar surface area (TPSA) is 57.0 Å². The molecule has 0 spiro atoms. The van der Waals surface area contributed by atoms with Gasteiger partial charge in [0.05, 0.1) is 23.9 Å². The molecule has 2 aromatic rings. The minimum Gasteiger partial charge on any atom is -0.380 e. The molecule has 6 heteroatoms. The highest BCUT2D eigenvalue weighted by molar-refractivity contribution is 6.30. The van der Waals surface area contributed by atoms with Gasteiger partial charge in [0.1, 0.15) is 5.69 Å². The van der Waals surface area contributed by atoms with Crippen molar-refractivity contribution in [1.82, 2.24) is 14.8 Å². The van der Waals surface area contributed by atoms with Crippen molar-refractivity contribution in [3.63, 3.8) is 0 Å². The fourth-order valence-corrected chi connectivity index (χ4v) is 2.13. The molecule has 1 atom stereocenters. The molecule has 0 aliphatic carbocycles. The molecule has 0 fully saturated rings. The Balaban J connectivity index is 1.95. The average molecular weight is 336 g/mol. The lowest BCUT2D eigenvalue weighted by atomic mass is 10.1. The molecule has 0 aromatic carbocycles. The van der Waals surface area contributed by atoms with Gasteiger partial charge in [-0.15, -0.1) is 0 Å². The molecule has 0 saturated carbocycles. The van der Waals surface area contributed by atoms with E-state index in [0.29, 0.717) is 42.1 Å². The quantitative estimate of drug-likeness (QED) is 0.694. The van der Waals surface area contributed by atoms with Gasteiger partial charge in [-0.3, -0.25) is 9.78 Å². The summed E-state index contributed by atoms with van der Waals surface area (Å²) >= 11 is 5.83. The van der Waals surface area contributed by atoms with E-state index >= 15 is 0 Å². The van der Waals surface area contributed by atoms with Crippen LogP contribution in [0.3, 0.4) is 0 Å². The molecule has 0 amide bonds. The van der Waals surface area contributed by atoms with E-state index < -0.39 is 0 Å². The van der Waals surface area contributed by atoms with Gasteiger partial charge < -0.3 is 4.74 Å². The standard InChI is InChI=1S/C17H22ClN3O2/c1-3-13(2)8-10-23-11-9-21-17(22)7-6-16(20-21)15-5-4-14(18)12-19-15/h4-7,12-13H,3,8-11H2,1-2H3. The van der Waals surface area contributed by atoms with Crippen LogP contribution in [0.15, 0.2) is 35.3 Å². The predicted octanol–water partition coefficient (Wildman–Crippen LogP) is 3.41. The van der Waals surface area contributed by atoms with Crippen LogP contribution in [0.2, 0.25) is 5.02 Å². The van der Waals surface area contributed by atoms with Crippen LogP contribution in [0.25, 0.3) is 11.4 Å². The Labute approximate surface area is 141 Å². The molecule has 23 heavy (non-hydrogen) atoms. The van der Waals surface area contributed by atoms with Gasteiger partial charge in [0.2, 0.25) is 0 Å². The van der Waals surface area contributed by atoms with Gasteiger partial charge >= 0.3 is 0 Å². The van der Waals surface area contributed by atoms with Crippen molar-refractivity contribution in [2.45, 2.75) is 33.2 Å². The summed E-state index contributed by atoms with van der Waals surface area (Å²) in [6.07, 6.45) is 3.75. The van der Waals surface area contributed by atoms with Gasteiger partial charge in [-0.2, -0.15) is 5.10 Å². The number of pyridine rings is 1. The maximum atomic E-state index is 11.9. The summed E-state index contributed by atoms with van der Waals surface area (Å²) in [6, 6.07) is 6.69. The number of hydrogen-bond donors (Lipinski definition) is 0. The predicted molar refractivity (Wildman–Crippen MR) is 91.6 cm³/mol. The van der Waals surface area contributed by atoms with E-state index in [1.165, 1.54) is 10.7 Å². The summed E-state index contributed by atoms with van der Waals surface area (Å²) in [5, 5.41) is 4.91. The Bertz CT molecular complexity index is 670. The van der Waals surface area contributed by atoms with E-state index in [9.17, 15) is 4.79 Å². The molecule has 0 N–H and O–H groups in total. The summed E-state index contributed by atoms with van der Waals surface area (Å²) in [5.41, 5.74) is 1.18. The van der Waals surface area contributed by atoms with E-state index in [1.54, 1.807) is 24.4 Å². The summed E-state index contributed by atoms with van der Waals surface area (Å²) < 4.78 is 7.01. The van der Waals surface area contributed by atoms with Gasteiger partial charge in [0, 0.05) is 18.9 Å². The van der Waals surface area contributed by atoms with Crippen molar-refractivity contribution >= 4 is 11.6 Å². The average Bonchev–Trinajstić information content (AvgIpc) is 2.56. The lowest BCUT2D eigenvalue weighted by Crippen LogP contribution is -2.24. The van der Waals surface area contributed by atoms with Crippen LogP contribution in [0.4, 0.5) is 0 Å². The molecule has 0 bridgehead atoms. The highest BCUT2D eigenvalue weighted by Gasteiger charge is 2.05. The number of ether oxygens (including phenoxy) is 1. The largest absolute Gasteiger partial charge is 0.380 e. The van der Waals surface area contributed by atoms with Crippen molar-refractivity contribution < 1.29 is 4.74 Å². The molecular weight excluding hydrogens is 314 g/mol. The van der Waals surface area contributed by atoms with Gasteiger partial charge in [-0.25, -0.2) is 4.68 Å². The van der Waals surface area contributed by atoms with Crippen molar-refractivity contribution in [3.8, 4) is 11.4 Å². The third-order valence-electron chi connectivity index (χ3n) is 3.76. The number of hydrogen-bond acceptors (Lipinski definition) is 4. The first kappa shape index (κ1) is 17.6. The maximum Gasteiger partial charge on any atom is 0.266 e. The second-order valence-electron chi connectivity index (χ2n) is 5.56.